The van der Waals surface area contributed by atoms with Crippen LogP contribution in [-0.2, 0) is 14.3 Å². The van der Waals surface area contributed by atoms with E-state index < -0.39 is 0 Å². The molecule has 0 radical (unpaired) electrons. The van der Waals surface area contributed by atoms with Gasteiger partial charge in [-0.15, -0.1) is 0 Å². The lowest BCUT2D eigenvalue weighted by molar-refractivity contribution is -0.119. The Labute approximate surface area is 201 Å². The van der Waals surface area contributed by atoms with Crippen LogP contribution < -0.4 is 10.2 Å². The summed E-state index contributed by atoms with van der Waals surface area (Å²) in [5, 5.41) is 2.95. The molecule has 0 spiro atoms. The first-order chi connectivity index (χ1) is 16.4. The van der Waals surface area contributed by atoms with Crippen LogP contribution in [0.5, 0.6) is 0 Å². The normalized spacial score (nSPS) is 18.1. The molecule has 1 atom stereocenters. The maximum Gasteiger partial charge on any atom is 0.254 e. The fourth-order valence-electron chi connectivity index (χ4n) is 4.55. The van der Waals surface area contributed by atoms with Gasteiger partial charge in [0, 0.05) is 43.1 Å². The van der Waals surface area contributed by atoms with Gasteiger partial charge in [-0.1, -0.05) is 12.1 Å². The summed E-state index contributed by atoms with van der Waals surface area (Å²) in [6, 6.07) is 12.9. The van der Waals surface area contributed by atoms with Gasteiger partial charge in [-0.25, -0.2) is 0 Å². The molecule has 34 heavy (non-hydrogen) atoms. The van der Waals surface area contributed by atoms with Crippen LogP contribution in [0.4, 0.5) is 11.4 Å². The van der Waals surface area contributed by atoms with Crippen LogP contribution in [0.1, 0.15) is 53.6 Å². The number of ether oxygens (including phenoxy) is 1. The van der Waals surface area contributed by atoms with Crippen LogP contribution >= 0.6 is 0 Å². The van der Waals surface area contributed by atoms with E-state index in [2.05, 4.69) is 5.32 Å². The molecule has 7 nitrogen and oxygen atoms in total. The quantitative estimate of drug-likeness (QED) is 0.671. The highest BCUT2D eigenvalue weighted by atomic mass is 16.5. The molecule has 4 rings (SSSR count). The Bertz CT molecular complexity index is 1040. The van der Waals surface area contributed by atoms with Crippen molar-refractivity contribution in [2.45, 2.75) is 52.1 Å². The zero-order valence-corrected chi connectivity index (χ0v) is 20.0. The third-order valence-electron chi connectivity index (χ3n) is 6.70. The number of carbonyl (C=O) groups is 3. The first-order valence-corrected chi connectivity index (χ1v) is 12.1. The maximum atomic E-state index is 13.4. The zero-order chi connectivity index (χ0) is 24.1. The number of nitrogens with one attached hydrogen (secondary N) is 1. The molecular weight excluding hydrogens is 430 g/mol. The molecule has 0 bridgehead atoms. The maximum absolute atomic E-state index is 13.4. The average molecular weight is 464 g/mol. The number of anilines is 2. The van der Waals surface area contributed by atoms with Crippen LogP contribution in [0.3, 0.4) is 0 Å². The van der Waals surface area contributed by atoms with Gasteiger partial charge in [0.05, 0.1) is 6.10 Å². The van der Waals surface area contributed by atoms with Crippen molar-refractivity contribution in [1.29, 1.82) is 0 Å². The second kappa shape index (κ2) is 10.8. The first-order valence-electron chi connectivity index (χ1n) is 12.1. The number of amides is 3. The molecule has 2 aliphatic heterocycles. The van der Waals surface area contributed by atoms with Crippen LogP contribution in [0.15, 0.2) is 42.5 Å². The van der Waals surface area contributed by atoms with Crippen LogP contribution in [-0.4, -0.2) is 55.0 Å². The minimum atomic E-state index is -0.240. The number of rotatable bonds is 7. The molecule has 180 valence electrons. The van der Waals surface area contributed by atoms with Gasteiger partial charge in [-0.05, 0) is 81.0 Å². The molecule has 3 amide bonds. The minimum Gasteiger partial charge on any atom is -0.376 e. The molecule has 2 heterocycles. The van der Waals surface area contributed by atoms with Gasteiger partial charge in [0.2, 0.25) is 11.8 Å². The number of carbonyl (C=O) groups excluding carboxylic acids is 3. The highest BCUT2D eigenvalue weighted by molar-refractivity contribution is 6.00. The lowest BCUT2D eigenvalue weighted by Gasteiger charge is -2.27. The standard InChI is InChI=1S/C27H33N3O4/c1-19-7-5-9-24(20(19)2)28-25(31)18-29(17-23-8-6-16-34-23)27(33)21-11-13-22(14-12-21)30-15-4-3-10-26(30)32/h5,7,9,11-14,23H,3-4,6,8,10,15-18H2,1-2H3,(H,28,31). The SMILES string of the molecule is Cc1cccc(NC(=O)CN(CC2CCCO2)C(=O)c2ccc(N3CCCCC3=O)cc2)c1C. The van der Waals surface area contributed by atoms with E-state index in [1.807, 2.05) is 44.2 Å². The zero-order valence-electron chi connectivity index (χ0n) is 20.0. The smallest absolute Gasteiger partial charge is 0.254 e. The van der Waals surface area contributed by atoms with Crippen molar-refractivity contribution in [2.24, 2.45) is 0 Å². The Morgan fingerprint density at radius 3 is 2.59 bits per heavy atom. The fraction of sp³-hybridized carbons (Fsp3) is 0.444. The highest BCUT2D eigenvalue weighted by Gasteiger charge is 2.26. The third kappa shape index (κ3) is 5.65. The van der Waals surface area contributed by atoms with Gasteiger partial charge < -0.3 is 19.9 Å². The van der Waals surface area contributed by atoms with Crippen molar-refractivity contribution in [1.82, 2.24) is 4.90 Å². The van der Waals surface area contributed by atoms with E-state index in [0.29, 0.717) is 31.7 Å². The largest absolute Gasteiger partial charge is 0.376 e. The van der Waals surface area contributed by atoms with Crippen LogP contribution in [0, 0.1) is 13.8 Å². The van der Waals surface area contributed by atoms with Gasteiger partial charge in [-0.3, -0.25) is 14.4 Å². The van der Waals surface area contributed by atoms with Crippen molar-refractivity contribution >= 4 is 29.1 Å². The molecule has 2 aromatic carbocycles. The van der Waals surface area contributed by atoms with E-state index >= 15 is 0 Å². The predicted molar refractivity (Wildman–Crippen MR) is 132 cm³/mol. The molecule has 0 aromatic heterocycles. The Kier molecular flexibility index (Phi) is 7.63. The average Bonchev–Trinajstić information content (AvgIpc) is 3.35. The van der Waals surface area contributed by atoms with E-state index in [1.54, 1.807) is 21.9 Å². The predicted octanol–water partition coefficient (Wildman–Crippen LogP) is 4.08. The summed E-state index contributed by atoms with van der Waals surface area (Å²) in [6.07, 6.45) is 4.23. The molecule has 0 aliphatic carbocycles. The van der Waals surface area contributed by atoms with E-state index in [0.717, 1.165) is 48.2 Å². The molecule has 2 fully saturated rings. The molecule has 2 saturated heterocycles. The Hall–Kier alpha value is -3.19. The first kappa shape index (κ1) is 24.0. The minimum absolute atomic E-state index is 0.0571. The van der Waals surface area contributed by atoms with Gasteiger partial charge in [0.1, 0.15) is 6.54 Å². The summed E-state index contributed by atoms with van der Waals surface area (Å²) >= 11 is 0. The third-order valence-corrected chi connectivity index (χ3v) is 6.70. The second-order valence-corrected chi connectivity index (χ2v) is 9.17. The van der Waals surface area contributed by atoms with Crippen molar-refractivity contribution in [2.75, 3.05) is 36.5 Å². The topological polar surface area (TPSA) is 79.0 Å². The molecule has 7 heteroatoms. The van der Waals surface area contributed by atoms with Crippen LogP contribution in [0.25, 0.3) is 0 Å². The Balaban J connectivity index is 1.48. The number of aryl methyl sites for hydroxylation is 1. The van der Waals surface area contributed by atoms with E-state index in [4.69, 9.17) is 4.74 Å². The number of hydrogen-bond acceptors (Lipinski definition) is 4. The van der Waals surface area contributed by atoms with Crippen molar-refractivity contribution in [3.8, 4) is 0 Å². The molecular formula is C27H33N3O4. The molecule has 2 aliphatic rings. The van der Waals surface area contributed by atoms with Gasteiger partial charge in [0.15, 0.2) is 0 Å². The fourth-order valence-corrected chi connectivity index (χ4v) is 4.55. The monoisotopic (exact) mass is 463 g/mol. The highest BCUT2D eigenvalue weighted by Crippen LogP contribution is 2.23. The Morgan fingerprint density at radius 1 is 1.09 bits per heavy atom. The summed E-state index contributed by atoms with van der Waals surface area (Å²) in [7, 11) is 0. The lowest BCUT2D eigenvalue weighted by Crippen LogP contribution is -2.42. The summed E-state index contributed by atoms with van der Waals surface area (Å²) < 4.78 is 5.74. The Morgan fingerprint density at radius 2 is 1.88 bits per heavy atom. The van der Waals surface area contributed by atoms with E-state index in [9.17, 15) is 14.4 Å². The summed E-state index contributed by atoms with van der Waals surface area (Å²) in [5.74, 6) is -0.341. The van der Waals surface area contributed by atoms with Gasteiger partial charge in [0.25, 0.3) is 5.91 Å². The number of benzene rings is 2. The van der Waals surface area contributed by atoms with Crippen molar-refractivity contribution in [3.63, 3.8) is 0 Å². The molecule has 1 unspecified atom stereocenters. The number of piperidine rings is 1. The number of nitrogens with zero attached hydrogens (tertiary/aromatic N) is 2. The lowest BCUT2D eigenvalue weighted by atomic mass is 10.1. The van der Waals surface area contributed by atoms with E-state index in [1.165, 1.54) is 0 Å². The van der Waals surface area contributed by atoms with Crippen molar-refractivity contribution in [3.05, 3.63) is 59.2 Å². The molecule has 0 saturated carbocycles. The summed E-state index contributed by atoms with van der Waals surface area (Å²) in [4.78, 5) is 41.9. The molecule has 2 aromatic rings. The second-order valence-electron chi connectivity index (χ2n) is 9.17. The van der Waals surface area contributed by atoms with Gasteiger partial charge >= 0.3 is 0 Å². The van der Waals surface area contributed by atoms with E-state index in [-0.39, 0.29) is 30.4 Å². The summed E-state index contributed by atoms with van der Waals surface area (Å²) in [5.41, 5.74) is 4.16. The van der Waals surface area contributed by atoms with Gasteiger partial charge in [-0.2, -0.15) is 0 Å². The summed E-state index contributed by atoms with van der Waals surface area (Å²) in [6.45, 7) is 5.66. The van der Waals surface area contributed by atoms with Crippen molar-refractivity contribution < 1.29 is 19.1 Å². The van der Waals surface area contributed by atoms with Crippen LogP contribution in [0.2, 0.25) is 0 Å². The number of hydrogen-bond donors (Lipinski definition) is 1. The molecule has 1 N–H and O–H groups in total.